The SMILES string of the molecule is Cl.N[C@@H]1CCN(C(=O)CNS(=O)(=O)c2ccc(OC(F)(F)F)cc2)C1. The van der Waals surface area contributed by atoms with Crippen LogP contribution >= 0.6 is 12.4 Å². The molecule has 1 amide bonds. The van der Waals surface area contributed by atoms with E-state index in [1.54, 1.807) is 0 Å². The molecule has 3 N–H and O–H groups in total. The molecule has 1 heterocycles. The summed E-state index contributed by atoms with van der Waals surface area (Å²) in [7, 11) is -4.02. The molecule has 1 atom stereocenters. The van der Waals surface area contributed by atoms with E-state index >= 15 is 0 Å². The lowest BCUT2D eigenvalue weighted by Gasteiger charge is -2.16. The van der Waals surface area contributed by atoms with Crippen LogP contribution in [0.2, 0.25) is 0 Å². The predicted molar refractivity (Wildman–Crippen MR) is 84.7 cm³/mol. The molecule has 2 rings (SSSR count). The zero-order valence-corrected chi connectivity index (χ0v) is 14.5. The molecule has 1 aliphatic heterocycles. The van der Waals surface area contributed by atoms with Crippen LogP contribution in [0.25, 0.3) is 0 Å². The number of sulfonamides is 1. The summed E-state index contributed by atoms with van der Waals surface area (Å²) in [4.78, 5) is 13.1. The molecule has 1 saturated heterocycles. The van der Waals surface area contributed by atoms with Crippen molar-refractivity contribution in [3.8, 4) is 5.75 Å². The van der Waals surface area contributed by atoms with Crippen LogP contribution in [-0.2, 0) is 14.8 Å². The summed E-state index contributed by atoms with van der Waals surface area (Å²) in [6.07, 6.45) is -4.21. The maximum atomic E-state index is 12.1. The Morgan fingerprint density at radius 2 is 1.92 bits per heavy atom. The lowest BCUT2D eigenvalue weighted by atomic mass is 10.3. The first-order chi connectivity index (χ1) is 11.1. The summed E-state index contributed by atoms with van der Waals surface area (Å²) in [5.74, 6) is -0.952. The van der Waals surface area contributed by atoms with Crippen molar-refractivity contribution in [3.63, 3.8) is 0 Å². The van der Waals surface area contributed by atoms with Crippen LogP contribution in [0.3, 0.4) is 0 Å². The number of carbonyl (C=O) groups is 1. The molecule has 0 saturated carbocycles. The molecule has 142 valence electrons. The minimum Gasteiger partial charge on any atom is -0.406 e. The topological polar surface area (TPSA) is 102 Å². The number of ether oxygens (including phenoxy) is 1. The molecule has 1 aliphatic rings. The average molecular weight is 404 g/mol. The van der Waals surface area contributed by atoms with Gasteiger partial charge in [0.05, 0.1) is 11.4 Å². The summed E-state index contributed by atoms with van der Waals surface area (Å²) >= 11 is 0. The number of hydrogen-bond donors (Lipinski definition) is 2. The molecule has 0 spiro atoms. The van der Waals surface area contributed by atoms with Crippen LogP contribution in [0.4, 0.5) is 13.2 Å². The Bertz CT molecular complexity index is 697. The van der Waals surface area contributed by atoms with Gasteiger partial charge in [0, 0.05) is 19.1 Å². The number of hydrogen-bond acceptors (Lipinski definition) is 5. The minimum atomic E-state index is -4.86. The highest BCUT2D eigenvalue weighted by Gasteiger charge is 2.31. The van der Waals surface area contributed by atoms with Gasteiger partial charge in [-0.05, 0) is 30.7 Å². The number of nitrogens with two attached hydrogens (primary N) is 1. The van der Waals surface area contributed by atoms with Gasteiger partial charge in [0.15, 0.2) is 0 Å². The summed E-state index contributed by atoms with van der Waals surface area (Å²) < 4.78 is 66.0. The van der Waals surface area contributed by atoms with E-state index in [0.717, 1.165) is 24.3 Å². The molecule has 12 heteroatoms. The summed E-state index contributed by atoms with van der Waals surface area (Å²) in [6, 6.07) is 3.55. The van der Waals surface area contributed by atoms with Crippen molar-refractivity contribution >= 4 is 28.3 Å². The van der Waals surface area contributed by atoms with E-state index in [2.05, 4.69) is 9.46 Å². The molecule has 0 aromatic heterocycles. The smallest absolute Gasteiger partial charge is 0.406 e. The van der Waals surface area contributed by atoms with Gasteiger partial charge in [-0.15, -0.1) is 25.6 Å². The molecule has 25 heavy (non-hydrogen) atoms. The van der Waals surface area contributed by atoms with Crippen molar-refractivity contribution in [1.82, 2.24) is 9.62 Å². The normalized spacial score (nSPS) is 17.9. The number of nitrogens with zero attached hydrogens (tertiary/aromatic N) is 1. The molecule has 0 bridgehead atoms. The number of nitrogens with one attached hydrogen (secondary N) is 1. The number of amides is 1. The second-order valence-electron chi connectivity index (χ2n) is 5.23. The summed E-state index contributed by atoms with van der Waals surface area (Å²) in [5, 5.41) is 0. The van der Waals surface area contributed by atoms with Gasteiger partial charge in [-0.2, -0.15) is 0 Å². The van der Waals surface area contributed by atoms with Crippen LogP contribution in [0.15, 0.2) is 29.2 Å². The lowest BCUT2D eigenvalue weighted by molar-refractivity contribution is -0.274. The van der Waals surface area contributed by atoms with E-state index in [1.807, 2.05) is 0 Å². The number of likely N-dealkylation sites (tertiary alicyclic amines) is 1. The van der Waals surface area contributed by atoms with Crippen molar-refractivity contribution in [2.24, 2.45) is 5.73 Å². The fourth-order valence-corrected chi connectivity index (χ4v) is 3.16. The minimum absolute atomic E-state index is 0. The number of benzene rings is 1. The molecule has 0 radical (unpaired) electrons. The zero-order chi connectivity index (χ0) is 18.0. The van der Waals surface area contributed by atoms with Gasteiger partial charge in [-0.3, -0.25) is 4.79 Å². The van der Waals surface area contributed by atoms with E-state index in [1.165, 1.54) is 4.90 Å². The highest BCUT2D eigenvalue weighted by molar-refractivity contribution is 7.89. The second kappa shape index (κ2) is 8.21. The predicted octanol–water partition coefficient (Wildman–Crippen LogP) is 0.845. The highest BCUT2D eigenvalue weighted by atomic mass is 35.5. The molecular weight excluding hydrogens is 387 g/mol. The highest BCUT2D eigenvalue weighted by Crippen LogP contribution is 2.23. The second-order valence-corrected chi connectivity index (χ2v) is 7.00. The Hall–Kier alpha value is -1.56. The molecule has 1 aromatic rings. The maximum Gasteiger partial charge on any atom is 0.573 e. The monoisotopic (exact) mass is 403 g/mol. The molecule has 1 aromatic carbocycles. The fourth-order valence-electron chi connectivity index (χ4n) is 2.19. The van der Waals surface area contributed by atoms with Crippen molar-refractivity contribution in [2.75, 3.05) is 19.6 Å². The van der Waals surface area contributed by atoms with Crippen molar-refractivity contribution < 1.29 is 31.1 Å². The average Bonchev–Trinajstić information content (AvgIpc) is 2.90. The number of carbonyl (C=O) groups excluding carboxylic acids is 1. The molecular formula is C13H17ClF3N3O4S. The molecule has 7 nitrogen and oxygen atoms in total. The lowest BCUT2D eigenvalue weighted by Crippen LogP contribution is -2.40. The zero-order valence-electron chi connectivity index (χ0n) is 12.8. The Kier molecular flexibility index (Phi) is 7.06. The van der Waals surface area contributed by atoms with Crippen LogP contribution in [0, 0.1) is 0 Å². The maximum absolute atomic E-state index is 12.1. The first-order valence-electron chi connectivity index (χ1n) is 6.96. The Morgan fingerprint density at radius 3 is 2.40 bits per heavy atom. The van der Waals surface area contributed by atoms with Crippen LogP contribution in [0.5, 0.6) is 5.75 Å². The van der Waals surface area contributed by atoms with E-state index in [4.69, 9.17) is 5.73 Å². The first kappa shape index (κ1) is 21.5. The third-order valence-electron chi connectivity index (χ3n) is 3.36. The van der Waals surface area contributed by atoms with Crippen molar-refractivity contribution in [1.29, 1.82) is 0 Å². The van der Waals surface area contributed by atoms with Gasteiger partial charge < -0.3 is 15.4 Å². The number of alkyl halides is 3. The Balaban J connectivity index is 0.00000312. The van der Waals surface area contributed by atoms with Gasteiger partial charge in [0.25, 0.3) is 0 Å². The summed E-state index contributed by atoms with van der Waals surface area (Å²) in [5.41, 5.74) is 5.67. The van der Waals surface area contributed by atoms with E-state index in [9.17, 15) is 26.4 Å². The van der Waals surface area contributed by atoms with E-state index in [0.29, 0.717) is 19.5 Å². The van der Waals surface area contributed by atoms with Crippen molar-refractivity contribution in [2.45, 2.75) is 23.7 Å². The van der Waals surface area contributed by atoms with E-state index in [-0.39, 0.29) is 23.3 Å². The largest absolute Gasteiger partial charge is 0.573 e. The number of halogens is 4. The standard InChI is InChI=1S/C13H16F3N3O4S.ClH/c14-13(15,16)23-10-1-3-11(4-2-10)24(21,22)18-7-12(20)19-6-5-9(17)8-19;/h1-4,9,18H,5-8,17H2;1H/t9-;/m1./s1. The third kappa shape index (κ3) is 6.34. The molecule has 0 aliphatic carbocycles. The van der Waals surface area contributed by atoms with Crippen LogP contribution in [-0.4, -0.2) is 51.3 Å². The Morgan fingerprint density at radius 1 is 1.32 bits per heavy atom. The van der Waals surface area contributed by atoms with Gasteiger partial charge >= 0.3 is 6.36 Å². The van der Waals surface area contributed by atoms with E-state index < -0.39 is 34.6 Å². The molecule has 1 fully saturated rings. The van der Waals surface area contributed by atoms with Gasteiger partial charge in [-0.1, -0.05) is 0 Å². The fraction of sp³-hybridized carbons (Fsp3) is 0.462. The van der Waals surface area contributed by atoms with Gasteiger partial charge in [-0.25, -0.2) is 13.1 Å². The Labute approximate surface area is 148 Å². The number of rotatable bonds is 5. The van der Waals surface area contributed by atoms with Crippen molar-refractivity contribution in [3.05, 3.63) is 24.3 Å². The third-order valence-corrected chi connectivity index (χ3v) is 4.78. The van der Waals surface area contributed by atoms with Gasteiger partial charge in [0.2, 0.25) is 15.9 Å². The van der Waals surface area contributed by atoms with Crippen LogP contribution < -0.4 is 15.2 Å². The first-order valence-corrected chi connectivity index (χ1v) is 8.44. The quantitative estimate of drug-likeness (QED) is 0.758. The van der Waals surface area contributed by atoms with Crippen LogP contribution in [0.1, 0.15) is 6.42 Å². The van der Waals surface area contributed by atoms with Gasteiger partial charge in [0.1, 0.15) is 5.75 Å². The molecule has 0 unspecified atom stereocenters. The summed E-state index contributed by atoms with van der Waals surface area (Å²) in [6.45, 7) is 0.380.